The number of hydrogen-bond donors (Lipinski definition) is 0. The molecule has 2 amide bonds. The first-order valence-corrected chi connectivity index (χ1v) is 7.91. The third-order valence-corrected chi connectivity index (χ3v) is 2.94. The van der Waals surface area contributed by atoms with Crippen molar-refractivity contribution in [2.45, 2.75) is 52.7 Å². The monoisotopic (exact) mass is 407 g/mol. The molecule has 0 fully saturated rings. The predicted molar refractivity (Wildman–Crippen MR) is 89.0 cm³/mol. The maximum absolute atomic E-state index is 14.3. The van der Waals surface area contributed by atoms with Crippen LogP contribution < -0.4 is 4.90 Å². The molecule has 0 unspecified atom stereocenters. The zero-order valence-electron chi connectivity index (χ0n) is 14.4. The Bertz CT molecular complexity index is 623. The molecule has 0 aliphatic carbocycles. The summed E-state index contributed by atoms with van der Waals surface area (Å²) in [5, 5.41) is 0. The van der Waals surface area contributed by atoms with Gasteiger partial charge in [0, 0.05) is 6.07 Å². The van der Waals surface area contributed by atoms with Gasteiger partial charge in [-0.3, -0.25) is 0 Å². The van der Waals surface area contributed by atoms with E-state index in [0.717, 1.165) is 6.07 Å². The van der Waals surface area contributed by atoms with Gasteiger partial charge in [0.05, 0.1) is 10.2 Å². The molecule has 0 aliphatic rings. The lowest BCUT2D eigenvalue weighted by molar-refractivity contribution is 0.0429. The smallest absolute Gasteiger partial charge is 0.424 e. The van der Waals surface area contributed by atoms with Crippen LogP contribution in [-0.2, 0) is 9.47 Å². The van der Waals surface area contributed by atoms with Crippen molar-refractivity contribution in [2.24, 2.45) is 0 Å². The molecule has 0 atom stereocenters. The van der Waals surface area contributed by atoms with E-state index in [-0.39, 0.29) is 4.47 Å². The van der Waals surface area contributed by atoms with E-state index in [2.05, 4.69) is 15.9 Å². The Morgan fingerprint density at radius 1 is 0.958 bits per heavy atom. The van der Waals surface area contributed by atoms with Crippen molar-refractivity contribution >= 4 is 33.8 Å². The van der Waals surface area contributed by atoms with Gasteiger partial charge in [0.15, 0.2) is 5.82 Å². The van der Waals surface area contributed by atoms with Gasteiger partial charge in [-0.25, -0.2) is 18.4 Å². The number of carbonyl (C=O) groups is 2. The van der Waals surface area contributed by atoms with Gasteiger partial charge in [-0.2, -0.15) is 4.90 Å². The fourth-order valence-electron chi connectivity index (χ4n) is 1.59. The maximum atomic E-state index is 14.3. The van der Waals surface area contributed by atoms with Gasteiger partial charge >= 0.3 is 12.2 Å². The second kappa shape index (κ2) is 7.04. The minimum atomic E-state index is -1.17. The SMILES string of the molecule is CC(C)(C)OC(=O)N(C(=O)OC(C)(C)C)c1cc(F)cc(Br)c1F. The summed E-state index contributed by atoms with van der Waals surface area (Å²) in [6.45, 7) is 9.48. The van der Waals surface area contributed by atoms with Gasteiger partial charge in [-0.1, -0.05) is 0 Å². The molecule has 8 heteroatoms. The Labute approximate surface area is 148 Å². The average Bonchev–Trinajstić information content (AvgIpc) is 2.30. The third kappa shape index (κ3) is 5.74. The number of amides is 2. The number of rotatable bonds is 1. The van der Waals surface area contributed by atoms with Crippen LogP contribution >= 0.6 is 15.9 Å². The van der Waals surface area contributed by atoms with Crippen LogP contribution in [0.5, 0.6) is 0 Å². The van der Waals surface area contributed by atoms with Crippen LogP contribution in [0.25, 0.3) is 0 Å². The number of nitrogens with zero attached hydrogens (tertiary/aromatic N) is 1. The van der Waals surface area contributed by atoms with E-state index in [1.807, 2.05) is 0 Å². The van der Waals surface area contributed by atoms with Crippen molar-refractivity contribution < 1.29 is 27.8 Å². The molecule has 0 saturated heterocycles. The zero-order valence-corrected chi connectivity index (χ0v) is 16.0. The molecule has 1 aromatic carbocycles. The molecular weight excluding hydrogens is 388 g/mol. The molecule has 1 rings (SSSR count). The number of imide groups is 1. The second-order valence-corrected chi connectivity index (χ2v) is 7.87. The van der Waals surface area contributed by atoms with Crippen molar-refractivity contribution in [3.05, 3.63) is 28.2 Å². The lowest BCUT2D eigenvalue weighted by Gasteiger charge is -2.28. The number of halogens is 3. The van der Waals surface area contributed by atoms with Crippen LogP contribution in [0.3, 0.4) is 0 Å². The normalized spacial score (nSPS) is 11.9. The lowest BCUT2D eigenvalue weighted by Crippen LogP contribution is -2.44. The first-order valence-electron chi connectivity index (χ1n) is 7.12. The Morgan fingerprint density at radius 3 is 1.75 bits per heavy atom. The van der Waals surface area contributed by atoms with E-state index < -0.39 is 40.7 Å². The van der Waals surface area contributed by atoms with Gasteiger partial charge in [-0.15, -0.1) is 0 Å². The van der Waals surface area contributed by atoms with Crippen LogP contribution in [-0.4, -0.2) is 23.4 Å². The summed E-state index contributed by atoms with van der Waals surface area (Å²) in [4.78, 5) is 25.1. The molecule has 0 spiro atoms. The number of benzene rings is 1. The summed E-state index contributed by atoms with van der Waals surface area (Å²) in [5.41, 5.74) is -2.50. The predicted octanol–water partition coefficient (Wildman–Crippen LogP) is 5.40. The maximum Gasteiger partial charge on any atom is 0.424 e. The molecule has 1 aromatic rings. The van der Waals surface area contributed by atoms with Crippen molar-refractivity contribution in [1.82, 2.24) is 0 Å². The molecule has 5 nitrogen and oxygen atoms in total. The van der Waals surface area contributed by atoms with Crippen LogP contribution in [0, 0.1) is 11.6 Å². The van der Waals surface area contributed by atoms with E-state index in [1.54, 1.807) is 41.5 Å². The lowest BCUT2D eigenvalue weighted by atomic mass is 10.2. The van der Waals surface area contributed by atoms with E-state index in [9.17, 15) is 18.4 Å². The highest BCUT2D eigenvalue weighted by atomic mass is 79.9. The summed E-state index contributed by atoms with van der Waals surface area (Å²) in [6.07, 6.45) is -2.35. The van der Waals surface area contributed by atoms with E-state index in [4.69, 9.17) is 9.47 Å². The minimum Gasteiger partial charge on any atom is -0.443 e. The minimum absolute atomic E-state index is 0.241. The highest BCUT2D eigenvalue weighted by Crippen LogP contribution is 2.30. The van der Waals surface area contributed by atoms with Gasteiger partial charge < -0.3 is 9.47 Å². The Hall–Kier alpha value is -1.70. The van der Waals surface area contributed by atoms with Gasteiger partial charge in [0.1, 0.15) is 17.0 Å². The van der Waals surface area contributed by atoms with Crippen molar-refractivity contribution in [2.75, 3.05) is 4.90 Å². The summed E-state index contributed by atoms with van der Waals surface area (Å²) in [5.74, 6) is -1.83. The molecule has 24 heavy (non-hydrogen) atoms. The first-order chi connectivity index (χ1) is 10.7. The van der Waals surface area contributed by atoms with Crippen LogP contribution in [0.1, 0.15) is 41.5 Å². The molecule has 0 aromatic heterocycles. The van der Waals surface area contributed by atoms with Crippen molar-refractivity contribution in [3.8, 4) is 0 Å². The highest BCUT2D eigenvalue weighted by Gasteiger charge is 2.35. The molecule has 0 heterocycles. The van der Waals surface area contributed by atoms with Crippen LogP contribution in [0.15, 0.2) is 16.6 Å². The van der Waals surface area contributed by atoms with Crippen LogP contribution in [0.2, 0.25) is 0 Å². The molecule has 0 bridgehead atoms. The van der Waals surface area contributed by atoms with E-state index in [1.165, 1.54) is 0 Å². The molecule has 0 aliphatic heterocycles. The summed E-state index contributed by atoms with van der Waals surface area (Å²) >= 11 is 2.84. The number of hydrogen-bond acceptors (Lipinski definition) is 4. The second-order valence-electron chi connectivity index (χ2n) is 7.02. The topological polar surface area (TPSA) is 55.8 Å². The fraction of sp³-hybridized carbons (Fsp3) is 0.500. The van der Waals surface area contributed by atoms with E-state index >= 15 is 0 Å². The molecule has 0 N–H and O–H groups in total. The number of ether oxygens (including phenoxy) is 2. The standard InChI is InChI=1S/C16H20BrF2NO4/c1-15(2,3)23-13(21)20(14(22)24-16(4,5)6)11-8-9(18)7-10(17)12(11)19/h7-8H,1-6H3. The van der Waals surface area contributed by atoms with Crippen LogP contribution in [0.4, 0.5) is 24.1 Å². The highest BCUT2D eigenvalue weighted by molar-refractivity contribution is 9.10. The van der Waals surface area contributed by atoms with Gasteiger partial charge in [0.2, 0.25) is 0 Å². The Kier molecular flexibility index (Phi) is 5.97. The van der Waals surface area contributed by atoms with Gasteiger partial charge in [0.25, 0.3) is 0 Å². The fourth-order valence-corrected chi connectivity index (χ4v) is 2.01. The molecular formula is C16H20BrF2NO4. The summed E-state index contributed by atoms with van der Waals surface area (Å²) in [7, 11) is 0. The Morgan fingerprint density at radius 2 is 1.38 bits per heavy atom. The average molecular weight is 408 g/mol. The molecule has 0 saturated carbocycles. The van der Waals surface area contributed by atoms with Crippen molar-refractivity contribution in [3.63, 3.8) is 0 Å². The largest absolute Gasteiger partial charge is 0.443 e. The Balaban J connectivity index is 3.39. The quantitative estimate of drug-likeness (QED) is 0.584. The molecule has 134 valence electrons. The van der Waals surface area contributed by atoms with Gasteiger partial charge in [-0.05, 0) is 63.5 Å². The summed E-state index contributed by atoms with van der Waals surface area (Å²) in [6, 6.07) is 1.59. The third-order valence-electron chi connectivity index (χ3n) is 2.37. The first kappa shape index (κ1) is 20.3. The number of carbonyl (C=O) groups excluding carboxylic acids is 2. The molecule has 0 radical (unpaired) electrons. The van der Waals surface area contributed by atoms with E-state index in [0.29, 0.717) is 11.0 Å². The van der Waals surface area contributed by atoms with Crippen molar-refractivity contribution in [1.29, 1.82) is 0 Å². The summed E-state index contributed by atoms with van der Waals surface area (Å²) < 4.78 is 38.0. The number of anilines is 1. The zero-order chi connectivity index (χ0) is 18.9.